The van der Waals surface area contributed by atoms with Crippen LogP contribution in [-0.2, 0) is 14.8 Å². The summed E-state index contributed by atoms with van der Waals surface area (Å²) in [5.41, 5.74) is 0.976. The van der Waals surface area contributed by atoms with Gasteiger partial charge in [-0.1, -0.05) is 31.5 Å². The van der Waals surface area contributed by atoms with Gasteiger partial charge in [-0.25, -0.2) is 18.4 Å². The summed E-state index contributed by atoms with van der Waals surface area (Å²) in [6.45, 7) is 8.06. The van der Waals surface area contributed by atoms with Crippen LogP contribution in [0.25, 0.3) is 0 Å². The van der Waals surface area contributed by atoms with Gasteiger partial charge in [-0.15, -0.1) is 0 Å². The van der Waals surface area contributed by atoms with Crippen LogP contribution < -0.4 is 9.62 Å². The minimum Gasteiger partial charge on any atom is -0.338 e. The molecule has 1 amide bonds. The smallest absolute Gasteiger partial charge is 0.241 e. The molecule has 1 atom stereocenters. The number of hydrogen-bond acceptors (Lipinski definition) is 6. The SMILES string of the molecule is Cc1ccc(S(=O)(=O)N[C@@H](CC(C)C)C(=O)N2CCN(c3ncccn3)CC2)cc1. The number of piperazine rings is 1. The molecular formula is C21H29N5O3S. The summed E-state index contributed by atoms with van der Waals surface area (Å²) < 4.78 is 28.3. The fourth-order valence-electron chi connectivity index (χ4n) is 3.45. The van der Waals surface area contributed by atoms with Crippen LogP contribution in [0, 0.1) is 12.8 Å². The van der Waals surface area contributed by atoms with Crippen molar-refractivity contribution in [3.05, 3.63) is 48.3 Å². The summed E-state index contributed by atoms with van der Waals surface area (Å²) in [5.74, 6) is 0.620. The quantitative estimate of drug-likeness (QED) is 0.719. The molecule has 1 fully saturated rings. The number of nitrogens with one attached hydrogen (secondary N) is 1. The number of carbonyl (C=O) groups is 1. The van der Waals surface area contributed by atoms with Gasteiger partial charge in [0.15, 0.2) is 0 Å². The molecular weight excluding hydrogens is 402 g/mol. The Morgan fingerprint density at radius 3 is 2.23 bits per heavy atom. The van der Waals surface area contributed by atoms with Crippen LogP contribution in [-0.4, -0.2) is 61.4 Å². The second kappa shape index (κ2) is 9.53. The third-order valence-electron chi connectivity index (χ3n) is 5.06. The summed E-state index contributed by atoms with van der Waals surface area (Å²) in [7, 11) is -3.79. The fourth-order valence-corrected chi connectivity index (χ4v) is 4.65. The molecule has 1 aliphatic rings. The first-order valence-corrected chi connectivity index (χ1v) is 11.6. The van der Waals surface area contributed by atoms with E-state index in [1.165, 1.54) is 0 Å². The maximum atomic E-state index is 13.2. The van der Waals surface area contributed by atoms with Crippen LogP contribution in [0.5, 0.6) is 0 Å². The van der Waals surface area contributed by atoms with Crippen molar-refractivity contribution in [1.29, 1.82) is 0 Å². The molecule has 1 saturated heterocycles. The Hall–Kier alpha value is -2.52. The normalized spacial score (nSPS) is 16.0. The summed E-state index contributed by atoms with van der Waals surface area (Å²) in [6, 6.07) is 7.59. The first kappa shape index (κ1) is 22.2. The van der Waals surface area contributed by atoms with Crippen molar-refractivity contribution >= 4 is 21.9 Å². The number of aryl methyl sites for hydroxylation is 1. The van der Waals surface area contributed by atoms with Gasteiger partial charge in [0.1, 0.15) is 6.04 Å². The lowest BCUT2D eigenvalue weighted by Gasteiger charge is -2.36. The molecule has 162 valence electrons. The maximum Gasteiger partial charge on any atom is 0.241 e. The van der Waals surface area contributed by atoms with E-state index in [2.05, 4.69) is 14.7 Å². The van der Waals surface area contributed by atoms with Crippen LogP contribution in [0.3, 0.4) is 0 Å². The van der Waals surface area contributed by atoms with E-state index >= 15 is 0 Å². The van der Waals surface area contributed by atoms with Crippen molar-refractivity contribution in [3.63, 3.8) is 0 Å². The topological polar surface area (TPSA) is 95.5 Å². The fraction of sp³-hybridized carbons (Fsp3) is 0.476. The van der Waals surface area contributed by atoms with Gasteiger partial charge in [0.25, 0.3) is 0 Å². The van der Waals surface area contributed by atoms with Gasteiger partial charge in [0.05, 0.1) is 4.90 Å². The Bertz CT molecular complexity index is 940. The average Bonchev–Trinajstić information content (AvgIpc) is 2.73. The van der Waals surface area contributed by atoms with Gasteiger partial charge < -0.3 is 9.80 Å². The molecule has 0 unspecified atom stereocenters. The highest BCUT2D eigenvalue weighted by Gasteiger charge is 2.32. The van der Waals surface area contributed by atoms with E-state index in [1.807, 2.05) is 25.7 Å². The Balaban J connectivity index is 1.69. The molecule has 0 aliphatic carbocycles. The monoisotopic (exact) mass is 431 g/mol. The maximum absolute atomic E-state index is 13.2. The Labute approximate surface area is 178 Å². The molecule has 30 heavy (non-hydrogen) atoms. The zero-order valence-electron chi connectivity index (χ0n) is 17.7. The molecule has 9 heteroatoms. The number of nitrogens with zero attached hydrogens (tertiary/aromatic N) is 4. The number of amides is 1. The number of carbonyl (C=O) groups excluding carboxylic acids is 1. The summed E-state index contributed by atoms with van der Waals surface area (Å²) in [6.07, 6.45) is 3.82. The van der Waals surface area contributed by atoms with Crippen LogP contribution in [0.4, 0.5) is 5.95 Å². The highest BCUT2D eigenvalue weighted by molar-refractivity contribution is 7.89. The predicted octanol–water partition coefficient (Wildman–Crippen LogP) is 1.83. The number of benzene rings is 1. The average molecular weight is 432 g/mol. The number of anilines is 1. The molecule has 0 radical (unpaired) electrons. The molecule has 3 rings (SSSR count). The molecule has 1 aromatic carbocycles. The third-order valence-corrected chi connectivity index (χ3v) is 6.55. The standard InChI is InChI=1S/C21H29N5O3S/c1-16(2)15-19(24-30(28,29)18-7-5-17(3)6-8-18)20(27)25-11-13-26(14-12-25)21-22-9-4-10-23-21/h4-10,16,19,24H,11-15H2,1-3H3/t19-/m0/s1. The molecule has 1 aliphatic heterocycles. The van der Waals surface area contributed by atoms with E-state index < -0.39 is 16.1 Å². The molecule has 0 spiro atoms. The molecule has 0 bridgehead atoms. The Kier molecular flexibility index (Phi) is 7.04. The van der Waals surface area contributed by atoms with Gasteiger partial charge in [-0.05, 0) is 37.5 Å². The van der Waals surface area contributed by atoms with Gasteiger partial charge in [-0.3, -0.25) is 4.79 Å². The van der Waals surface area contributed by atoms with Crippen molar-refractivity contribution in [2.45, 2.75) is 38.1 Å². The van der Waals surface area contributed by atoms with Gasteiger partial charge in [0.2, 0.25) is 21.9 Å². The van der Waals surface area contributed by atoms with E-state index in [0.717, 1.165) is 5.56 Å². The van der Waals surface area contributed by atoms with Gasteiger partial charge in [0, 0.05) is 38.6 Å². The molecule has 2 heterocycles. The summed E-state index contributed by atoms with van der Waals surface area (Å²) in [5, 5.41) is 0. The minimum absolute atomic E-state index is 0.165. The van der Waals surface area contributed by atoms with Crippen molar-refractivity contribution in [3.8, 4) is 0 Å². The zero-order valence-corrected chi connectivity index (χ0v) is 18.5. The van der Waals surface area contributed by atoms with Crippen LogP contribution in [0.1, 0.15) is 25.8 Å². The molecule has 8 nitrogen and oxygen atoms in total. The van der Waals surface area contributed by atoms with Gasteiger partial charge >= 0.3 is 0 Å². The van der Waals surface area contributed by atoms with Crippen molar-refractivity contribution < 1.29 is 13.2 Å². The van der Waals surface area contributed by atoms with Crippen molar-refractivity contribution in [1.82, 2.24) is 19.6 Å². The first-order valence-electron chi connectivity index (χ1n) is 10.2. The van der Waals surface area contributed by atoms with Crippen molar-refractivity contribution in [2.75, 3.05) is 31.1 Å². The lowest BCUT2D eigenvalue weighted by atomic mass is 10.0. The van der Waals surface area contributed by atoms with Gasteiger partial charge in [-0.2, -0.15) is 4.72 Å². The predicted molar refractivity (Wildman–Crippen MR) is 116 cm³/mol. The number of hydrogen-bond donors (Lipinski definition) is 1. The highest BCUT2D eigenvalue weighted by atomic mass is 32.2. The van der Waals surface area contributed by atoms with Crippen molar-refractivity contribution in [2.24, 2.45) is 5.92 Å². The second-order valence-electron chi connectivity index (χ2n) is 7.98. The van der Waals surface area contributed by atoms with E-state index in [9.17, 15) is 13.2 Å². The van der Waals surface area contributed by atoms with E-state index in [4.69, 9.17) is 0 Å². The summed E-state index contributed by atoms with van der Waals surface area (Å²) >= 11 is 0. The largest absolute Gasteiger partial charge is 0.338 e. The second-order valence-corrected chi connectivity index (χ2v) is 9.69. The lowest BCUT2D eigenvalue weighted by molar-refractivity contribution is -0.133. The molecule has 2 aromatic rings. The number of sulfonamides is 1. The Morgan fingerprint density at radius 1 is 1.07 bits per heavy atom. The molecule has 1 N–H and O–H groups in total. The van der Waals surface area contributed by atoms with E-state index in [0.29, 0.717) is 38.5 Å². The Morgan fingerprint density at radius 2 is 1.67 bits per heavy atom. The lowest BCUT2D eigenvalue weighted by Crippen LogP contribution is -2.55. The number of rotatable bonds is 7. The van der Waals surface area contributed by atoms with Crippen LogP contribution in [0.2, 0.25) is 0 Å². The molecule has 0 saturated carbocycles. The summed E-state index contributed by atoms with van der Waals surface area (Å²) in [4.78, 5) is 25.6. The zero-order chi connectivity index (χ0) is 21.7. The van der Waals surface area contributed by atoms with Crippen LogP contribution in [0.15, 0.2) is 47.6 Å². The number of aromatic nitrogens is 2. The minimum atomic E-state index is -3.79. The van der Waals surface area contributed by atoms with Crippen LogP contribution >= 0.6 is 0 Å². The molecule has 1 aromatic heterocycles. The van der Waals surface area contributed by atoms with E-state index in [1.54, 1.807) is 47.6 Å². The first-order chi connectivity index (χ1) is 14.3. The highest BCUT2D eigenvalue weighted by Crippen LogP contribution is 2.16. The van der Waals surface area contributed by atoms with E-state index in [-0.39, 0.29) is 16.7 Å². The third kappa shape index (κ3) is 5.54.